The van der Waals surface area contributed by atoms with E-state index in [1.807, 2.05) is 19.2 Å². The van der Waals surface area contributed by atoms with E-state index >= 15 is 0 Å². The molecule has 3 nitrogen and oxygen atoms in total. The van der Waals surface area contributed by atoms with Crippen molar-refractivity contribution in [2.24, 2.45) is 0 Å². The van der Waals surface area contributed by atoms with Gasteiger partial charge in [0.2, 0.25) is 5.88 Å². The van der Waals surface area contributed by atoms with E-state index in [0.29, 0.717) is 12.5 Å². The minimum absolute atomic E-state index is 0.680. The Labute approximate surface area is 86.6 Å². The standard InChI is InChI=1S/C9H13BrN2O/c1-11-5-2-6-13-9-4-3-8(10)7-12-9/h3-4,7,11H,2,5-6H2,1H3. The quantitative estimate of drug-likeness (QED) is 0.803. The van der Waals surface area contributed by atoms with Gasteiger partial charge in [-0.25, -0.2) is 4.98 Å². The molecule has 0 spiro atoms. The van der Waals surface area contributed by atoms with Crippen LogP contribution in [0.15, 0.2) is 22.8 Å². The molecule has 4 heteroatoms. The van der Waals surface area contributed by atoms with Crippen LogP contribution in [0.25, 0.3) is 0 Å². The number of nitrogens with zero attached hydrogens (tertiary/aromatic N) is 1. The third-order valence-electron chi connectivity index (χ3n) is 1.52. The molecule has 0 atom stereocenters. The van der Waals surface area contributed by atoms with Crippen molar-refractivity contribution in [2.75, 3.05) is 20.2 Å². The van der Waals surface area contributed by atoms with Crippen molar-refractivity contribution in [1.29, 1.82) is 0 Å². The number of pyridine rings is 1. The van der Waals surface area contributed by atoms with Crippen molar-refractivity contribution in [3.8, 4) is 5.88 Å². The highest BCUT2D eigenvalue weighted by molar-refractivity contribution is 9.10. The Kier molecular flexibility index (Phi) is 4.78. The van der Waals surface area contributed by atoms with Crippen LogP contribution >= 0.6 is 15.9 Å². The predicted molar refractivity (Wildman–Crippen MR) is 56.0 cm³/mol. The zero-order valence-electron chi connectivity index (χ0n) is 7.59. The summed E-state index contributed by atoms with van der Waals surface area (Å²) < 4.78 is 6.36. The van der Waals surface area contributed by atoms with Crippen LogP contribution in [-0.2, 0) is 0 Å². The van der Waals surface area contributed by atoms with E-state index in [1.165, 1.54) is 0 Å². The molecule has 0 unspecified atom stereocenters. The first-order valence-electron chi connectivity index (χ1n) is 4.22. The molecule has 1 heterocycles. The van der Waals surface area contributed by atoms with Gasteiger partial charge >= 0.3 is 0 Å². The van der Waals surface area contributed by atoms with Crippen LogP contribution in [0.2, 0.25) is 0 Å². The maximum Gasteiger partial charge on any atom is 0.213 e. The van der Waals surface area contributed by atoms with Gasteiger partial charge in [-0.05, 0) is 42.0 Å². The third-order valence-corrected chi connectivity index (χ3v) is 1.99. The van der Waals surface area contributed by atoms with Gasteiger partial charge in [-0.15, -0.1) is 0 Å². The number of halogens is 1. The van der Waals surface area contributed by atoms with Crippen molar-refractivity contribution in [3.05, 3.63) is 22.8 Å². The minimum atomic E-state index is 0.680. The van der Waals surface area contributed by atoms with Crippen LogP contribution in [0, 0.1) is 0 Å². The maximum atomic E-state index is 5.39. The molecule has 0 amide bonds. The second kappa shape index (κ2) is 5.94. The SMILES string of the molecule is CNCCCOc1ccc(Br)cn1. The topological polar surface area (TPSA) is 34.1 Å². The van der Waals surface area contributed by atoms with Crippen molar-refractivity contribution in [2.45, 2.75) is 6.42 Å². The highest BCUT2D eigenvalue weighted by atomic mass is 79.9. The van der Waals surface area contributed by atoms with Crippen molar-refractivity contribution >= 4 is 15.9 Å². The summed E-state index contributed by atoms with van der Waals surface area (Å²) >= 11 is 3.31. The van der Waals surface area contributed by atoms with Gasteiger partial charge in [-0.1, -0.05) is 0 Å². The minimum Gasteiger partial charge on any atom is -0.478 e. The molecule has 0 aromatic carbocycles. The fourth-order valence-corrected chi connectivity index (χ4v) is 1.11. The van der Waals surface area contributed by atoms with Gasteiger partial charge in [0, 0.05) is 16.7 Å². The van der Waals surface area contributed by atoms with E-state index in [4.69, 9.17) is 4.74 Å². The van der Waals surface area contributed by atoms with E-state index in [2.05, 4.69) is 26.2 Å². The molecule has 1 N–H and O–H groups in total. The fourth-order valence-electron chi connectivity index (χ4n) is 0.873. The highest BCUT2D eigenvalue weighted by Crippen LogP contribution is 2.11. The van der Waals surface area contributed by atoms with Gasteiger partial charge in [0.15, 0.2) is 0 Å². The largest absolute Gasteiger partial charge is 0.478 e. The number of hydrogen-bond donors (Lipinski definition) is 1. The van der Waals surface area contributed by atoms with Crippen LogP contribution < -0.4 is 10.1 Å². The first kappa shape index (κ1) is 10.5. The monoisotopic (exact) mass is 244 g/mol. The summed E-state index contributed by atoms with van der Waals surface area (Å²) in [5.74, 6) is 0.680. The van der Waals surface area contributed by atoms with Crippen LogP contribution in [0.5, 0.6) is 5.88 Å². The Morgan fingerprint density at radius 3 is 3.00 bits per heavy atom. The summed E-state index contributed by atoms with van der Waals surface area (Å²) in [5.41, 5.74) is 0. The summed E-state index contributed by atoms with van der Waals surface area (Å²) in [6, 6.07) is 3.77. The fraction of sp³-hybridized carbons (Fsp3) is 0.444. The zero-order valence-corrected chi connectivity index (χ0v) is 9.17. The summed E-state index contributed by atoms with van der Waals surface area (Å²) in [6.45, 7) is 1.67. The van der Waals surface area contributed by atoms with Crippen molar-refractivity contribution in [3.63, 3.8) is 0 Å². The number of hydrogen-bond acceptors (Lipinski definition) is 3. The average molecular weight is 245 g/mol. The molecule has 0 aliphatic heterocycles. The Morgan fingerprint density at radius 2 is 2.38 bits per heavy atom. The normalized spacial score (nSPS) is 10.0. The first-order chi connectivity index (χ1) is 6.33. The second-order valence-electron chi connectivity index (χ2n) is 2.62. The van der Waals surface area contributed by atoms with Gasteiger partial charge in [-0.3, -0.25) is 0 Å². The number of aromatic nitrogens is 1. The van der Waals surface area contributed by atoms with E-state index in [-0.39, 0.29) is 0 Å². The zero-order chi connectivity index (χ0) is 9.52. The summed E-state index contributed by atoms with van der Waals surface area (Å²) in [4.78, 5) is 4.09. The molecule has 0 fully saturated rings. The van der Waals surface area contributed by atoms with E-state index in [9.17, 15) is 0 Å². The molecular formula is C9H13BrN2O. The molecule has 1 aromatic heterocycles. The average Bonchev–Trinajstić information content (AvgIpc) is 2.15. The van der Waals surface area contributed by atoms with Gasteiger partial charge in [0.05, 0.1) is 6.61 Å². The Bertz CT molecular complexity index is 238. The highest BCUT2D eigenvalue weighted by Gasteiger charge is 1.93. The Hall–Kier alpha value is -0.610. The Morgan fingerprint density at radius 1 is 1.54 bits per heavy atom. The van der Waals surface area contributed by atoms with Gasteiger partial charge in [0.25, 0.3) is 0 Å². The van der Waals surface area contributed by atoms with Crippen LogP contribution in [0.3, 0.4) is 0 Å². The Balaban J connectivity index is 2.25. The number of rotatable bonds is 5. The summed E-state index contributed by atoms with van der Waals surface area (Å²) in [7, 11) is 1.93. The molecule has 1 rings (SSSR count). The molecule has 0 saturated carbocycles. The van der Waals surface area contributed by atoms with Crippen LogP contribution in [-0.4, -0.2) is 25.2 Å². The van der Waals surface area contributed by atoms with Crippen LogP contribution in [0.1, 0.15) is 6.42 Å². The lowest BCUT2D eigenvalue weighted by molar-refractivity contribution is 0.298. The van der Waals surface area contributed by atoms with Gasteiger partial charge < -0.3 is 10.1 Å². The van der Waals surface area contributed by atoms with E-state index in [1.54, 1.807) is 6.20 Å². The van der Waals surface area contributed by atoms with Crippen molar-refractivity contribution in [1.82, 2.24) is 10.3 Å². The third kappa shape index (κ3) is 4.24. The van der Waals surface area contributed by atoms with Crippen molar-refractivity contribution < 1.29 is 4.74 Å². The second-order valence-corrected chi connectivity index (χ2v) is 3.54. The molecule has 1 aromatic rings. The van der Waals surface area contributed by atoms with E-state index in [0.717, 1.165) is 17.4 Å². The number of ether oxygens (including phenoxy) is 1. The maximum absolute atomic E-state index is 5.39. The summed E-state index contributed by atoms with van der Waals surface area (Å²) in [5, 5.41) is 3.06. The molecule has 0 radical (unpaired) electrons. The molecule has 13 heavy (non-hydrogen) atoms. The first-order valence-corrected chi connectivity index (χ1v) is 5.01. The van der Waals surface area contributed by atoms with E-state index < -0.39 is 0 Å². The molecule has 72 valence electrons. The number of nitrogens with one attached hydrogen (secondary N) is 1. The molecule has 0 saturated heterocycles. The predicted octanol–water partition coefficient (Wildman–Crippen LogP) is 1.83. The molecule has 0 aliphatic rings. The molecule has 0 aliphatic carbocycles. The van der Waals surface area contributed by atoms with Crippen LogP contribution in [0.4, 0.5) is 0 Å². The molecule has 0 bridgehead atoms. The van der Waals surface area contributed by atoms with Gasteiger partial charge in [0.1, 0.15) is 0 Å². The smallest absolute Gasteiger partial charge is 0.213 e. The lowest BCUT2D eigenvalue weighted by Crippen LogP contribution is -2.11. The van der Waals surface area contributed by atoms with Gasteiger partial charge in [-0.2, -0.15) is 0 Å². The lowest BCUT2D eigenvalue weighted by atomic mass is 10.4. The lowest BCUT2D eigenvalue weighted by Gasteiger charge is -2.04. The molecular weight excluding hydrogens is 232 g/mol. The summed E-state index contributed by atoms with van der Waals surface area (Å²) in [6.07, 6.45) is 2.72.